The summed E-state index contributed by atoms with van der Waals surface area (Å²) in [5.74, 6) is 0. The van der Waals surface area contributed by atoms with Crippen molar-refractivity contribution in [3.8, 4) is 0 Å². The summed E-state index contributed by atoms with van der Waals surface area (Å²) in [5.41, 5.74) is 7.15. The van der Waals surface area contributed by atoms with Gasteiger partial charge in [0.05, 0.1) is 5.69 Å². The van der Waals surface area contributed by atoms with Crippen molar-refractivity contribution in [2.75, 3.05) is 5.73 Å². The van der Waals surface area contributed by atoms with Gasteiger partial charge in [0.25, 0.3) is 0 Å². The molecule has 1 heterocycles. The number of carbonyl (C=O) groups is 1. The van der Waals surface area contributed by atoms with E-state index in [0.29, 0.717) is 11.3 Å². The van der Waals surface area contributed by atoms with Gasteiger partial charge in [-0.25, -0.2) is 0 Å². The summed E-state index contributed by atoms with van der Waals surface area (Å²) in [4.78, 5) is 14.2. The molecule has 3 nitrogen and oxygen atoms in total. The van der Waals surface area contributed by atoms with Gasteiger partial charge in [-0.3, -0.25) is 9.78 Å². The summed E-state index contributed by atoms with van der Waals surface area (Å²) in [6.45, 7) is 0. The predicted molar refractivity (Wildman–Crippen MR) is 42.2 cm³/mol. The highest BCUT2D eigenvalue weighted by molar-refractivity contribution is 6.31. The minimum Gasteiger partial charge on any atom is -0.397 e. The van der Waals surface area contributed by atoms with Gasteiger partial charge < -0.3 is 5.73 Å². The molecule has 50 valence electrons. The van der Waals surface area contributed by atoms with Crippen LogP contribution in [0, 0.1) is 0 Å². The van der Waals surface area contributed by atoms with E-state index in [1.54, 1.807) is 6.07 Å². The maximum Gasteiger partial charge on any atom is 0.163 e. The number of nitrogen functional groups attached to an aromatic ring is 1. The Hall–Kier alpha value is -1.32. The Kier molecular flexibility index (Phi) is 1.71. The lowest BCUT2D eigenvalue weighted by Crippen LogP contribution is -2.10. The van der Waals surface area contributed by atoms with Gasteiger partial charge >= 0.3 is 0 Å². The molecule has 0 amide bonds. The van der Waals surface area contributed by atoms with Crippen LogP contribution in [0.2, 0.25) is 0 Å². The summed E-state index contributed by atoms with van der Waals surface area (Å²) in [6.07, 6.45) is 2.21. The van der Waals surface area contributed by atoms with Gasteiger partial charge in [-0.2, -0.15) is 0 Å². The van der Waals surface area contributed by atoms with Gasteiger partial charge in [0, 0.05) is 11.8 Å². The highest BCUT2D eigenvalue weighted by Gasteiger charge is 1.96. The Bertz CT molecular complexity index is 262. The molecule has 0 saturated heterocycles. The summed E-state index contributed by atoms with van der Waals surface area (Å²) in [5, 5.41) is 0. The summed E-state index contributed by atoms with van der Waals surface area (Å²) >= 11 is 0. The molecule has 1 rings (SSSR count). The molecular formula is C6H7BN2O. The molecule has 0 aliphatic rings. The average Bonchev–Trinajstić information content (AvgIpc) is 1.94. The van der Waals surface area contributed by atoms with Crippen LogP contribution in [0.1, 0.15) is 10.4 Å². The number of hydrogen-bond donors (Lipinski definition) is 1. The number of anilines is 1. The van der Waals surface area contributed by atoms with Crippen molar-refractivity contribution in [2.45, 2.75) is 0 Å². The van der Waals surface area contributed by atoms with Crippen LogP contribution >= 0.6 is 0 Å². The minimum atomic E-state index is 0.431. The lowest BCUT2D eigenvalue weighted by Gasteiger charge is -1.96. The Balaban J connectivity index is 3.21. The van der Waals surface area contributed by atoms with Crippen molar-refractivity contribution >= 4 is 25.4 Å². The predicted octanol–water partition coefficient (Wildman–Crippen LogP) is -1.27. The van der Waals surface area contributed by atoms with Crippen LogP contribution in [0.4, 0.5) is 5.69 Å². The fraction of sp³-hybridized carbons (Fsp3) is 0. The van der Waals surface area contributed by atoms with Crippen LogP contribution in [-0.2, 0) is 0 Å². The van der Waals surface area contributed by atoms with E-state index in [4.69, 9.17) is 5.73 Å². The second kappa shape index (κ2) is 2.52. The first-order valence-corrected chi connectivity index (χ1v) is 2.91. The van der Waals surface area contributed by atoms with Crippen LogP contribution < -0.4 is 11.3 Å². The summed E-state index contributed by atoms with van der Waals surface area (Å²) in [6, 6.07) is 1.66. The van der Waals surface area contributed by atoms with Crippen LogP contribution in [-0.4, -0.2) is 19.1 Å². The third-order valence-corrected chi connectivity index (χ3v) is 1.23. The zero-order chi connectivity index (χ0) is 7.56. The molecule has 0 bridgehead atoms. The fourth-order valence-electron chi connectivity index (χ4n) is 0.694. The molecule has 0 fully saturated rings. The van der Waals surface area contributed by atoms with E-state index in [1.807, 2.05) is 7.85 Å². The molecule has 0 saturated carbocycles. The Labute approximate surface area is 59.7 Å². The topological polar surface area (TPSA) is 56.0 Å². The number of nitrogens with two attached hydrogens (primary N) is 1. The summed E-state index contributed by atoms with van der Waals surface area (Å²) in [7, 11) is 1.81. The molecule has 0 atom stereocenters. The van der Waals surface area contributed by atoms with Gasteiger partial charge in [-0.15, -0.1) is 0 Å². The first-order chi connectivity index (χ1) is 4.74. The Morgan fingerprint density at radius 3 is 2.90 bits per heavy atom. The van der Waals surface area contributed by atoms with Gasteiger partial charge in [0.2, 0.25) is 0 Å². The first kappa shape index (κ1) is 6.80. The van der Waals surface area contributed by atoms with Crippen molar-refractivity contribution in [3.05, 3.63) is 17.8 Å². The van der Waals surface area contributed by atoms with E-state index in [9.17, 15) is 4.79 Å². The maximum atomic E-state index is 10.3. The minimum absolute atomic E-state index is 0.431. The van der Waals surface area contributed by atoms with Crippen molar-refractivity contribution in [1.82, 2.24) is 4.98 Å². The van der Waals surface area contributed by atoms with Gasteiger partial charge in [0.15, 0.2) is 14.1 Å². The molecule has 0 unspecified atom stereocenters. The fourth-order valence-corrected chi connectivity index (χ4v) is 0.694. The van der Waals surface area contributed by atoms with Gasteiger partial charge in [-0.1, -0.05) is 0 Å². The molecule has 10 heavy (non-hydrogen) atoms. The molecule has 0 aromatic carbocycles. The number of nitrogens with zero attached hydrogens (tertiary/aromatic N) is 1. The molecule has 2 N–H and O–H groups in total. The zero-order valence-electron chi connectivity index (χ0n) is 5.66. The van der Waals surface area contributed by atoms with E-state index in [-0.39, 0.29) is 0 Å². The second-order valence-corrected chi connectivity index (χ2v) is 2.07. The zero-order valence-corrected chi connectivity index (χ0v) is 5.66. The Morgan fingerprint density at radius 1 is 1.70 bits per heavy atom. The lowest BCUT2D eigenvalue weighted by molar-refractivity contribution is 0.112. The maximum absolute atomic E-state index is 10.3. The van der Waals surface area contributed by atoms with E-state index < -0.39 is 0 Å². The normalized spacial score (nSPS) is 9.20. The van der Waals surface area contributed by atoms with Gasteiger partial charge in [0.1, 0.15) is 0 Å². The van der Waals surface area contributed by atoms with Crippen molar-refractivity contribution in [2.24, 2.45) is 0 Å². The molecule has 0 aliphatic carbocycles. The highest BCUT2D eigenvalue weighted by atomic mass is 16.1. The van der Waals surface area contributed by atoms with Crippen LogP contribution in [0.25, 0.3) is 0 Å². The smallest absolute Gasteiger partial charge is 0.163 e. The van der Waals surface area contributed by atoms with E-state index in [0.717, 1.165) is 11.9 Å². The second-order valence-electron chi connectivity index (χ2n) is 2.07. The molecular weight excluding hydrogens is 127 g/mol. The van der Waals surface area contributed by atoms with Crippen molar-refractivity contribution in [3.63, 3.8) is 0 Å². The van der Waals surface area contributed by atoms with E-state index in [2.05, 4.69) is 4.98 Å². The number of carbonyl (C=O) groups excluding carboxylic acids is 1. The SMILES string of the molecule is Bc1cc(C=O)c(N)cn1. The number of aromatic nitrogens is 1. The number of aldehydes is 1. The monoisotopic (exact) mass is 134 g/mol. The molecule has 1 aromatic rings. The average molecular weight is 134 g/mol. The third-order valence-electron chi connectivity index (χ3n) is 1.23. The first-order valence-electron chi connectivity index (χ1n) is 2.91. The molecule has 4 heteroatoms. The molecule has 1 aromatic heterocycles. The van der Waals surface area contributed by atoms with E-state index in [1.165, 1.54) is 6.20 Å². The molecule has 0 spiro atoms. The molecule has 0 radical (unpaired) electrons. The quantitative estimate of drug-likeness (QED) is 0.385. The lowest BCUT2D eigenvalue weighted by atomic mass is 10.0. The largest absolute Gasteiger partial charge is 0.397 e. The van der Waals surface area contributed by atoms with Gasteiger partial charge in [-0.05, 0) is 11.7 Å². The third kappa shape index (κ3) is 1.15. The van der Waals surface area contributed by atoms with Crippen molar-refractivity contribution < 1.29 is 4.79 Å². The van der Waals surface area contributed by atoms with Crippen molar-refractivity contribution in [1.29, 1.82) is 0 Å². The van der Waals surface area contributed by atoms with Crippen LogP contribution in [0.5, 0.6) is 0 Å². The number of pyridine rings is 1. The Morgan fingerprint density at radius 2 is 2.40 bits per heavy atom. The standard InChI is InChI=1S/C6H7BN2O/c7-6-1-4(3-10)5(8)2-9-6/h1-3H,7-8H2. The highest BCUT2D eigenvalue weighted by Crippen LogP contribution is 2.02. The molecule has 0 aliphatic heterocycles. The number of rotatable bonds is 1. The number of hydrogen-bond acceptors (Lipinski definition) is 3. The van der Waals surface area contributed by atoms with Crippen LogP contribution in [0.3, 0.4) is 0 Å². The van der Waals surface area contributed by atoms with E-state index >= 15 is 0 Å². The van der Waals surface area contributed by atoms with Crippen LogP contribution in [0.15, 0.2) is 12.3 Å². The summed E-state index contributed by atoms with van der Waals surface area (Å²) < 4.78 is 0.